The first-order valence-electron chi connectivity index (χ1n) is 18.6. The SMILES string of the molecule is C[C@H]1CCCCN1c1nnc2ccc(O[C@@H]3CC[C@H](NC(=O)Nc4cc(C(C)(C)C)nn4-c4cc(OCCN(C)C)ccc4F)c4ccccc43)cn12. The van der Waals surface area contributed by atoms with Crippen molar-refractivity contribution in [2.24, 2.45) is 0 Å². The number of hydrogen-bond acceptors (Lipinski definition) is 8. The van der Waals surface area contributed by atoms with Crippen molar-refractivity contribution < 1.29 is 18.7 Å². The van der Waals surface area contributed by atoms with Crippen LogP contribution in [0.5, 0.6) is 11.5 Å². The number of ether oxygens (including phenoxy) is 2. The number of likely N-dealkylation sites (N-methyl/N-ethyl adjacent to an activating group) is 1. The Labute approximate surface area is 310 Å². The second-order valence-corrected chi connectivity index (χ2v) is 15.4. The van der Waals surface area contributed by atoms with E-state index < -0.39 is 11.8 Å². The maximum Gasteiger partial charge on any atom is 0.320 e. The van der Waals surface area contributed by atoms with Crippen LogP contribution in [0.15, 0.2) is 66.9 Å². The molecular weight excluding hydrogens is 673 g/mol. The summed E-state index contributed by atoms with van der Waals surface area (Å²) < 4.78 is 31.4. The quantitative estimate of drug-likeness (QED) is 0.153. The van der Waals surface area contributed by atoms with E-state index in [0.717, 1.165) is 47.9 Å². The predicted molar refractivity (Wildman–Crippen MR) is 204 cm³/mol. The van der Waals surface area contributed by atoms with Crippen molar-refractivity contribution in [2.75, 3.05) is 44.0 Å². The van der Waals surface area contributed by atoms with Crippen LogP contribution in [0.2, 0.25) is 0 Å². The molecule has 2 aliphatic rings. The highest BCUT2D eigenvalue weighted by molar-refractivity contribution is 5.89. The number of pyridine rings is 1. The number of piperidine rings is 1. The van der Waals surface area contributed by atoms with Crippen molar-refractivity contribution in [3.8, 4) is 17.2 Å². The van der Waals surface area contributed by atoms with Gasteiger partial charge >= 0.3 is 6.03 Å². The fraction of sp³-hybridized carbons (Fsp3) is 0.450. The molecule has 2 aromatic carbocycles. The molecule has 1 aliphatic heterocycles. The maximum atomic E-state index is 15.4. The standard InChI is InChI=1S/C40H50FN9O3/c1-26-11-9-10-20-48(26)39-45-44-36-19-15-28(25-49(36)39)53-34-18-17-32(29-12-7-8-13-30(29)34)42-38(51)43-37-24-35(40(2,3)4)46-50(37)33-23-27(14-16-31(33)41)52-22-21-47(5)6/h7-8,12-16,19,23-26,32,34H,9-11,17-18,20-22H2,1-6H3,(H2,42,43,51)/t26-,32-,34+/m0/s1. The van der Waals surface area contributed by atoms with Crippen LogP contribution in [0, 0.1) is 5.82 Å². The zero-order valence-corrected chi connectivity index (χ0v) is 31.5. The number of amides is 2. The molecule has 280 valence electrons. The highest BCUT2D eigenvalue weighted by Crippen LogP contribution is 2.39. The minimum absolute atomic E-state index is 0.184. The summed E-state index contributed by atoms with van der Waals surface area (Å²) in [7, 11) is 3.93. The first-order chi connectivity index (χ1) is 25.4. The second kappa shape index (κ2) is 15.1. The molecule has 5 aromatic rings. The Kier molecular flexibility index (Phi) is 10.3. The number of aromatic nitrogens is 5. The maximum absolute atomic E-state index is 15.4. The lowest BCUT2D eigenvalue weighted by molar-refractivity contribution is 0.171. The summed E-state index contributed by atoms with van der Waals surface area (Å²) in [6, 6.07) is 18.0. The van der Waals surface area contributed by atoms with Crippen LogP contribution < -0.4 is 25.0 Å². The van der Waals surface area contributed by atoms with E-state index in [2.05, 4.69) is 38.7 Å². The zero-order valence-electron chi connectivity index (χ0n) is 31.5. The molecule has 3 atom stereocenters. The predicted octanol–water partition coefficient (Wildman–Crippen LogP) is 7.45. The van der Waals surface area contributed by atoms with Crippen molar-refractivity contribution in [1.82, 2.24) is 34.6 Å². The number of anilines is 2. The largest absolute Gasteiger partial charge is 0.492 e. The first kappa shape index (κ1) is 36.2. The molecule has 1 saturated heterocycles. The van der Waals surface area contributed by atoms with E-state index in [-0.39, 0.29) is 23.2 Å². The Morgan fingerprint density at radius 2 is 1.77 bits per heavy atom. The van der Waals surface area contributed by atoms with Crippen molar-refractivity contribution in [1.29, 1.82) is 0 Å². The van der Waals surface area contributed by atoms with Crippen molar-refractivity contribution >= 4 is 23.4 Å². The van der Waals surface area contributed by atoms with E-state index in [4.69, 9.17) is 14.6 Å². The molecule has 0 saturated carbocycles. The number of carbonyl (C=O) groups excluding carboxylic acids is 1. The van der Waals surface area contributed by atoms with Gasteiger partial charge in [0.25, 0.3) is 0 Å². The van der Waals surface area contributed by atoms with E-state index in [1.165, 1.54) is 17.2 Å². The Balaban J connectivity index is 1.08. The normalized spacial score (nSPS) is 18.9. The smallest absolute Gasteiger partial charge is 0.320 e. The molecule has 0 unspecified atom stereocenters. The van der Waals surface area contributed by atoms with Crippen molar-refractivity contribution in [2.45, 2.75) is 83.4 Å². The molecule has 13 heteroatoms. The highest BCUT2D eigenvalue weighted by Gasteiger charge is 2.31. The number of hydrogen-bond donors (Lipinski definition) is 2. The molecule has 2 amide bonds. The third-order valence-corrected chi connectivity index (χ3v) is 10.1. The van der Waals surface area contributed by atoms with Gasteiger partial charge in [-0.1, -0.05) is 45.0 Å². The van der Waals surface area contributed by atoms with E-state index in [9.17, 15) is 4.79 Å². The second-order valence-electron chi connectivity index (χ2n) is 15.4. The number of carbonyl (C=O) groups is 1. The number of urea groups is 1. The number of nitrogens with zero attached hydrogens (tertiary/aromatic N) is 7. The molecule has 4 heterocycles. The van der Waals surface area contributed by atoms with Gasteiger partial charge in [-0.2, -0.15) is 5.10 Å². The lowest BCUT2D eigenvalue weighted by Crippen LogP contribution is -2.38. The van der Waals surface area contributed by atoms with Crippen LogP contribution in [0.1, 0.15) is 88.8 Å². The Morgan fingerprint density at radius 1 is 0.981 bits per heavy atom. The highest BCUT2D eigenvalue weighted by atomic mass is 19.1. The van der Waals surface area contributed by atoms with Gasteiger partial charge in [-0.3, -0.25) is 9.72 Å². The van der Waals surface area contributed by atoms with Crippen LogP contribution in [0.3, 0.4) is 0 Å². The van der Waals surface area contributed by atoms with Gasteiger partial charge < -0.3 is 24.6 Å². The molecule has 0 radical (unpaired) electrons. The summed E-state index contributed by atoms with van der Waals surface area (Å²) in [6.07, 6.45) is 6.64. The monoisotopic (exact) mass is 723 g/mol. The summed E-state index contributed by atoms with van der Waals surface area (Å²) in [5, 5.41) is 19.8. The van der Waals surface area contributed by atoms with Crippen LogP contribution in [-0.4, -0.2) is 75.1 Å². The van der Waals surface area contributed by atoms with Gasteiger partial charge in [-0.05, 0) is 88.5 Å². The van der Waals surface area contributed by atoms with E-state index in [1.807, 2.05) is 80.7 Å². The number of fused-ring (bicyclic) bond motifs is 2. The average Bonchev–Trinajstić information content (AvgIpc) is 3.74. The van der Waals surface area contributed by atoms with Gasteiger partial charge in [-0.25, -0.2) is 13.9 Å². The van der Waals surface area contributed by atoms with E-state index in [0.29, 0.717) is 49.3 Å². The lowest BCUT2D eigenvalue weighted by atomic mass is 9.85. The molecule has 53 heavy (non-hydrogen) atoms. The number of rotatable bonds is 10. The Bertz CT molecular complexity index is 2070. The summed E-state index contributed by atoms with van der Waals surface area (Å²) in [4.78, 5) is 18.1. The minimum atomic E-state index is -0.482. The first-order valence-corrected chi connectivity index (χ1v) is 18.6. The molecule has 3 aromatic heterocycles. The summed E-state index contributed by atoms with van der Waals surface area (Å²) >= 11 is 0. The number of halogens is 1. The fourth-order valence-corrected chi connectivity index (χ4v) is 7.13. The van der Waals surface area contributed by atoms with E-state index in [1.54, 1.807) is 18.2 Å². The van der Waals surface area contributed by atoms with Gasteiger partial charge in [0.05, 0.1) is 17.9 Å². The van der Waals surface area contributed by atoms with Crippen LogP contribution >= 0.6 is 0 Å². The minimum Gasteiger partial charge on any atom is -0.492 e. The molecule has 1 fully saturated rings. The molecular formula is C40H50FN9O3. The molecule has 12 nitrogen and oxygen atoms in total. The molecule has 1 aliphatic carbocycles. The lowest BCUT2D eigenvalue weighted by Gasteiger charge is -2.33. The van der Waals surface area contributed by atoms with Gasteiger partial charge in [0, 0.05) is 36.7 Å². The third kappa shape index (κ3) is 7.95. The number of nitrogens with one attached hydrogen (secondary N) is 2. The molecule has 2 N–H and O–H groups in total. The van der Waals surface area contributed by atoms with Crippen molar-refractivity contribution in [3.05, 3.63) is 89.5 Å². The van der Waals surface area contributed by atoms with Crippen LogP contribution in [-0.2, 0) is 5.41 Å². The summed E-state index contributed by atoms with van der Waals surface area (Å²) in [5.74, 6) is 1.96. The van der Waals surface area contributed by atoms with E-state index >= 15 is 4.39 Å². The third-order valence-electron chi connectivity index (χ3n) is 10.1. The van der Waals surface area contributed by atoms with Gasteiger partial charge in [0.2, 0.25) is 5.95 Å². The van der Waals surface area contributed by atoms with Crippen LogP contribution in [0.4, 0.5) is 21.0 Å². The molecule has 0 spiro atoms. The average molecular weight is 724 g/mol. The van der Waals surface area contributed by atoms with Gasteiger partial charge in [0.15, 0.2) is 5.65 Å². The Hall–Kier alpha value is -5.17. The molecule has 7 rings (SSSR count). The zero-order chi connectivity index (χ0) is 37.3. The number of benzene rings is 2. The fourth-order valence-electron chi connectivity index (χ4n) is 7.13. The summed E-state index contributed by atoms with van der Waals surface area (Å²) in [6.45, 7) is 10.4. The van der Waals surface area contributed by atoms with Gasteiger partial charge in [0.1, 0.15) is 41.5 Å². The van der Waals surface area contributed by atoms with Crippen molar-refractivity contribution in [3.63, 3.8) is 0 Å². The van der Waals surface area contributed by atoms with Crippen LogP contribution in [0.25, 0.3) is 11.3 Å². The Morgan fingerprint density at radius 3 is 2.55 bits per heavy atom. The molecule has 0 bridgehead atoms. The summed E-state index contributed by atoms with van der Waals surface area (Å²) in [5.41, 5.74) is 3.33. The topological polar surface area (TPSA) is 114 Å². The van der Waals surface area contributed by atoms with Gasteiger partial charge in [-0.15, -0.1) is 10.2 Å².